The quantitative estimate of drug-likeness (QED) is 0.500. The molecule has 1 N–H and O–H groups in total. The molecule has 1 rings (SSSR count). The number of nitro groups is 1. The summed E-state index contributed by atoms with van der Waals surface area (Å²) in [6.45, 7) is 0. The minimum Gasteiger partial charge on any atom is -0.480 e. The van der Waals surface area contributed by atoms with Crippen molar-refractivity contribution < 1.29 is 19.2 Å². The number of carboxylic acids is 1. The Morgan fingerprint density at radius 3 is 2.62 bits per heavy atom. The van der Waals surface area contributed by atoms with E-state index in [1.165, 1.54) is 0 Å². The van der Waals surface area contributed by atoms with E-state index in [0.29, 0.717) is 0 Å². The number of nitro benzene ring substituents is 1. The van der Waals surface area contributed by atoms with Crippen molar-refractivity contribution in [2.75, 3.05) is 0 Å². The van der Waals surface area contributed by atoms with Crippen molar-refractivity contribution in [1.82, 2.24) is 0 Å². The fraction of sp³-hybridized carbons (Fsp3) is 0.125. The normalized spacial score (nSPS) is 12.2. The van der Waals surface area contributed by atoms with Gasteiger partial charge in [-0.1, -0.05) is 11.6 Å². The summed E-state index contributed by atoms with van der Waals surface area (Å²) >= 11 is 9.13. The van der Waals surface area contributed by atoms with Gasteiger partial charge < -0.3 is 5.11 Å². The molecule has 0 saturated carbocycles. The molecule has 0 aromatic heterocycles. The zero-order chi connectivity index (χ0) is 12.5. The maximum absolute atomic E-state index is 13.1. The van der Waals surface area contributed by atoms with Crippen LogP contribution in [0.2, 0.25) is 5.02 Å². The minimum absolute atomic E-state index is 0.456. The van der Waals surface area contributed by atoms with Gasteiger partial charge >= 0.3 is 5.97 Å². The van der Waals surface area contributed by atoms with Crippen molar-refractivity contribution in [1.29, 1.82) is 0 Å². The molecule has 0 radical (unpaired) electrons. The third-order valence-corrected chi connectivity index (χ3v) is 2.68. The van der Waals surface area contributed by atoms with Crippen LogP contribution in [0.25, 0.3) is 0 Å². The number of nitrogens with zero attached hydrogens (tertiary/aromatic N) is 1. The van der Waals surface area contributed by atoms with E-state index in [1.54, 1.807) is 0 Å². The second-order valence-corrected chi connectivity index (χ2v) is 3.69. The molecular weight excluding hydrogens is 261 g/mol. The van der Waals surface area contributed by atoms with Crippen molar-refractivity contribution in [2.45, 2.75) is 5.25 Å². The molecule has 5 nitrogen and oxygen atoms in total. The standard InChI is InChI=1S/C8H5ClFNO4S/c9-6-3(10)1-2-4(11(14)15)5(6)7(16)8(12)13/h1-2,7,16H,(H,12,13). The van der Waals surface area contributed by atoms with Crippen molar-refractivity contribution in [3.63, 3.8) is 0 Å². The first kappa shape index (κ1) is 12.7. The molecule has 0 saturated heterocycles. The number of rotatable bonds is 3. The van der Waals surface area contributed by atoms with Crippen LogP contribution in [0, 0.1) is 15.9 Å². The Balaban J connectivity index is 3.49. The van der Waals surface area contributed by atoms with Crippen LogP contribution in [-0.4, -0.2) is 16.0 Å². The van der Waals surface area contributed by atoms with Crippen LogP contribution in [0.15, 0.2) is 12.1 Å². The van der Waals surface area contributed by atoms with Gasteiger partial charge in [0.15, 0.2) is 0 Å². The molecule has 0 aliphatic carbocycles. The van der Waals surface area contributed by atoms with E-state index in [2.05, 4.69) is 12.6 Å². The van der Waals surface area contributed by atoms with Crippen molar-refractivity contribution in [3.05, 3.63) is 38.7 Å². The van der Waals surface area contributed by atoms with E-state index >= 15 is 0 Å². The molecule has 1 aromatic rings. The van der Waals surface area contributed by atoms with Gasteiger partial charge in [-0.15, -0.1) is 0 Å². The first-order chi connectivity index (χ1) is 7.36. The Morgan fingerprint density at radius 2 is 2.19 bits per heavy atom. The minimum atomic E-state index is -1.55. The number of hydrogen-bond donors (Lipinski definition) is 2. The molecule has 8 heteroatoms. The van der Waals surface area contributed by atoms with Crippen LogP contribution in [0.4, 0.5) is 10.1 Å². The molecule has 86 valence electrons. The highest BCUT2D eigenvalue weighted by atomic mass is 35.5. The van der Waals surface area contributed by atoms with Crippen LogP contribution in [0.5, 0.6) is 0 Å². The molecule has 1 atom stereocenters. The number of halogens is 2. The van der Waals surface area contributed by atoms with E-state index in [-0.39, 0.29) is 0 Å². The van der Waals surface area contributed by atoms with Gasteiger partial charge in [0.2, 0.25) is 0 Å². The van der Waals surface area contributed by atoms with Gasteiger partial charge in [-0.05, 0) is 6.07 Å². The predicted octanol–water partition coefficient (Wildman–Crippen LogP) is 2.44. The highest BCUT2D eigenvalue weighted by molar-refractivity contribution is 7.81. The van der Waals surface area contributed by atoms with Crippen LogP contribution < -0.4 is 0 Å². The molecule has 1 aromatic carbocycles. The van der Waals surface area contributed by atoms with Gasteiger partial charge in [0.25, 0.3) is 5.69 Å². The summed E-state index contributed by atoms with van der Waals surface area (Å²) in [6, 6.07) is 1.65. The highest BCUT2D eigenvalue weighted by Gasteiger charge is 2.29. The molecule has 0 bridgehead atoms. The van der Waals surface area contributed by atoms with Crippen LogP contribution in [0.3, 0.4) is 0 Å². The second-order valence-electron chi connectivity index (χ2n) is 2.79. The van der Waals surface area contributed by atoms with Gasteiger partial charge in [-0.2, -0.15) is 12.6 Å². The van der Waals surface area contributed by atoms with Gasteiger partial charge in [0.05, 0.1) is 15.5 Å². The summed E-state index contributed by atoms with van der Waals surface area (Å²) in [5.74, 6) is -2.37. The van der Waals surface area contributed by atoms with Gasteiger partial charge in [0.1, 0.15) is 11.1 Å². The smallest absolute Gasteiger partial charge is 0.321 e. The third kappa shape index (κ3) is 2.25. The van der Waals surface area contributed by atoms with Gasteiger partial charge in [-0.25, -0.2) is 4.39 Å². The number of thiol groups is 1. The maximum Gasteiger partial charge on any atom is 0.321 e. The molecule has 0 amide bonds. The fourth-order valence-corrected chi connectivity index (χ4v) is 1.71. The number of hydrogen-bond acceptors (Lipinski definition) is 4. The number of carboxylic acid groups (broad SMARTS) is 1. The SMILES string of the molecule is O=C(O)C(S)c1c([N+](=O)[O-])ccc(F)c1Cl. The van der Waals surface area contributed by atoms with Crippen molar-refractivity contribution in [2.24, 2.45) is 0 Å². The van der Waals surface area contributed by atoms with Gasteiger partial charge in [-0.3, -0.25) is 14.9 Å². The van der Waals surface area contributed by atoms with Crippen LogP contribution in [-0.2, 0) is 4.79 Å². The van der Waals surface area contributed by atoms with Crippen molar-refractivity contribution >= 4 is 35.9 Å². The number of carbonyl (C=O) groups is 1. The molecule has 0 heterocycles. The zero-order valence-electron chi connectivity index (χ0n) is 7.55. The van der Waals surface area contributed by atoms with E-state index in [4.69, 9.17) is 16.7 Å². The summed E-state index contributed by atoms with van der Waals surface area (Å²) in [6.07, 6.45) is 0. The Bertz CT molecular complexity index is 468. The number of benzene rings is 1. The Hall–Kier alpha value is -1.34. The van der Waals surface area contributed by atoms with E-state index in [9.17, 15) is 19.3 Å². The molecule has 0 aliphatic heterocycles. The summed E-state index contributed by atoms with van der Waals surface area (Å²) < 4.78 is 13.1. The summed E-state index contributed by atoms with van der Waals surface area (Å²) in [7, 11) is 0. The maximum atomic E-state index is 13.1. The molecular formula is C8H5ClFNO4S. The van der Waals surface area contributed by atoms with Crippen LogP contribution >= 0.6 is 24.2 Å². The predicted molar refractivity (Wildman–Crippen MR) is 57.4 cm³/mol. The largest absolute Gasteiger partial charge is 0.480 e. The third-order valence-electron chi connectivity index (χ3n) is 1.81. The molecule has 0 fully saturated rings. The van der Waals surface area contributed by atoms with E-state index in [1.807, 2.05) is 0 Å². The lowest BCUT2D eigenvalue weighted by Crippen LogP contribution is -2.09. The van der Waals surface area contributed by atoms with Crippen molar-refractivity contribution in [3.8, 4) is 0 Å². The topological polar surface area (TPSA) is 80.4 Å². The lowest BCUT2D eigenvalue weighted by molar-refractivity contribution is -0.385. The lowest BCUT2D eigenvalue weighted by Gasteiger charge is -2.09. The Kier molecular flexibility index (Phi) is 3.71. The van der Waals surface area contributed by atoms with E-state index < -0.39 is 38.2 Å². The van der Waals surface area contributed by atoms with Crippen LogP contribution in [0.1, 0.15) is 10.8 Å². The first-order valence-electron chi connectivity index (χ1n) is 3.89. The summed E-state index contributed by atoms with van der Waals surface area (Å²) in [5.41, 5.74) is -1.03. The lowest BCUT2D eigenvalue weighted by atomic mass is 10.1. The molecule has 0 spiro atoms. The van der Waals surface area contributed by atoms with Gasteiger partial charge in [0, 0.05) is 6.07 Å². The van der Waals surface area contributed by atoms with E-state index in [0.717, 1.165) is 12.1 Å². The highest BCUT2D eigenvalue weighted by Crippen LogP contribution is 2.36. The fourth-order valence-electron chi connectivity index (χ4n) is 1.10. The Labute approximate surface area is 99.4 Å². The molecule has 16 heavy (non-hydrogen) atoms. The average molecular weight is 266 g/mol. The first-order valence-corrected chi connectivity index (χ1v) is 4.79. The monoisotopic (exact) mass is 265 g/mol. The second kappa shape index (κ2) is 4.67. The number of aliphatic carboxylic acids is 1. The molecule has 0 aliphatic rings. The summed E-state index contributed by atoms with van der Waals surface area (Å²) in [5, 5.41) is 17.1. The zero-order valence-corrected chi connectivity index (χ0v) is 9.20. The Morgan fingerprint density at radius 1 is 1.62 bits per heavy atom. The average Bonchev–Trinajstić information content (AvgIpc) is 2.20. The summed E-state index contributed by atoms with van der Waals surface area (Å²) in [4.78, 5) is 20.4. The molecule has 1 unspecified atom stereocenters.